The molecule has 1 saturated heterocycles. The number of amides is 1. The number of nitrogens with zero attached hydrogens (tertiary/aromatic N) is 1. The maximum absolute atomic E-state index is 12.1. The normalized spacial score (nSPS) is 18.6. The molecule has 0 radical (unpaired) electrons. The van der Waals surface area contributed by atoms with Crippen molar-refractivity contribution in [2.24, 2.45) is 0 Å². The van der Waals surface area contributed by atoms with Crippen LogP contribution >= 0.6 is 23.2 Å². The minimum atomic E-state index is 0.166. The molecule has 1 aromatic carbocycles. The number of rotatable bonds is 4. The SMILES string of the molecule is CN(C(=O)CCc1ccc(Cl)cc1Cl)[C@H]1CCNC1. The molecule has 1 N–H and O–H groups in total. The van der Waals surface area contributed by atoms with Crippen molar-refractivity contribution in [1.29, 1.82) is 0 Å². The summed E-state index contributed by atoms with van der Waals surface area (Å²) in [5.74, 6) is 0.166. The lowest BCUT2D eigenvalue weighted by molar-refractivity contribution is -0.131. The average molecular weight is 301 g/mol. The van der Waals surface area contributed by atoms with E-state index in [2.05, 4.69) is 5.32 Å². The highest BCUT2D eigenvalue weighted by atomic mass is 35.5. The molecule has 0 bridgehead atoms. The van der Waals surface area contributed by atoms with Gasteiger partial charge in [-0.25, -0.2) is 0 Å². The van der Waals surface area contributed by atoms with Crippen molar-refractivity contribution in [3.05, 3.63) is 33.8 Å². The number of hydrogen-bond acceptors (Lipinski definition) is 2. The lowest BCUT2D eigenvalue weighted by Crippen LogP contribution is -2.38. The molecule has 0 aromatic heterocycles. The van der Waals surface area contributed by atoms with Gasteiger partial charge in [-0.2, -0.15) is 0 Å². The van der Waals surface area contributed by atoms with Crippen LogP contribution in [0.1, 0.15) is 18.4 Å². The summed E-state index contributed by atoms with van der Waals surface area (Å²) in [6.45, 7) is 1.88. The van der Waals surface area contributed by atoms with E-state index >= 15 is 0 Å². The van der Waals surface area contributed by atoms with Gasteiger partial charge in [0.1, 0.15) is 0 Å². The topological polar surface area (TPSA) is 32.3 Å². The van der Waals surface area contributed by atoms with Gasteiger partial charge in [0.05, 0.1) is 0 Å². The highest BCUT2D eigenvalue weighted by Gasteiger charge is 2.22. The predicted octanol–water partition coefficient (Wildman–Crippen LogP) is 2.75. The number of halogens is 2. The van der Waals surface area contributed by atoms with Crippen LogP contribution in [-0.2, 0) is 11.2 Å². The zero-order valence-corrected chi connectivity index (χ0v) is 12.5. The lowest BCUT2D eigenvalue weighted by Gasteiger charge is -2.23. The van der Waals surface area contributed by atoms with Crippen LogP contribution in [0.25, 0.3) is 0 Å². The van der Waals surface area contributed by atoms with Crippen molar-refractivity contribution in [3.63, 3.8) is 0 Å². The summed E-state index contributed by atoms with van der Waals surface area (Å²) in [5.41, 5.74) is 0.970. The predicted molar refractivity (Wildman–Crippen MR) is 78.8 cm³/mol. The number of hydrogen-bond donors (Lipinski definition) is 1. The first-order chi connectivity index (χ1) is 9.08. The standard InChI is InChI=1S/C14H18Cl2N2O/c1-18(12-6-7-17-9-12)14(19)5-3-10-2-4-11(15)8-13(10)16/h2,4,8,12,17H,3,5-7,9H2,1H3/t12-/m0/s1. The number of carbonyl (C=O) groups is 1. The monoisotopic (exact) mass is 300 g/mol. The third-order valence-corrected chi connectivity index (χ3v) is 4.19. The van der Waals surface area contributed by atoms with Crippen molar-refractivity contribution in [1.82, 2.24) is 10.2 Å². The minimum Gasteiger partial charge on any atom is -0.341 e. The van der Waals surface area contributed by atoms with Crippen LogP contribution in [0.4, 0.5) is 0 Å². The maximum Gasteiger partial charge on any atom is 0.222 e. The Morgan fingerprint density at radius 3 is 2.89 bits per heavy atom. The summed E-state index contributed by atoms with van der Waals surface area (Å²) in [6.07, 6.45) is 2.16. The van der Waals surface area contributed by atoms with Gasteiger partial charge in [0.15, 0.2) is 0 Å². The first-order valence-corrected chi connectivity index (χ1v) is 7.24. The Kier molecular flexibility index (Phi) is 5.08. The second-order valence-corrected chi connectivity index (χ2v) is 5.73. The second-order valence-electron chi connectivity index (χ2n) is 4.89. The van der Waals surface area contributed by atoms with Gasteiger partial charge in [-0.1, -0.05) is 29.3 Å². The summed E-state index contributed by atoms with van der Waals surface area (Å²) < 4.78 is 0. The van der Waals surface area contributed by atoms with Crippen LogP contribution in [0.2, 0.25) is 10.0 Å². The van der Waals surface area contributed by atoms with E-state index < -0.39 is 0 Å². The van der Waals surface area contributed by atoms with Gasteiger partial charge in [-0.3, -0.25) is 4.79 Å². The number of carbonyl (C=O) groups excluding carboxylic acids is 1. The zero-order chi connectivity index (χ0) is 13.8. The van der Waals surface area contributed by atoms with Crippen molar-refractivity contribution >= 4 is 29.1 Å². The van der Waals surface area contributed by atoms with Gasteiger partial charge < -0.3 is 10.2 Å². The van der Waals surface area contributed by atoms with Crippen molar-refractivity contribution < 1.29 is 4.79 Å². The molecule has 1 aromatic rings. The fraction of sp³-hybridized carbons (Fsp3) is 0.500. The maximum atomic E-state index is 12.1. The molecule has 1 amide bonds. The molecular formula is C14H18Cl2N2O. The molecular weight excluding hydrogens is 283 g/mol. The average Bonchev–Trinajstić information content (AvgIpc) is 2.90. The Labute approximate surface area is 123 Å². The van der Waals surface area contributed by atoms with E-state index in [1.807, 2.05) is 18.0 Å². The molecule has 2 rings (SSSR count). The third kappa shape index (κ3) is 3.85. The minimum absolute atomic E-state index is 0.166. The van der Waals surface area contributed by atoms with Crippen LogP contribution in [0.15, 0.2) is 18.2 Å². The smallest absolute Gasteiger partial charge is 0.222 e. The molecule has 0 unspecified atom stereocenters. The number of nitrogens with one attached hydrogen (secondary N) is 1. The molecule has 0 aliphatic carbocycles. The number of likely N-dealkylation sites (N-methyl/N-ethyl adjacent to an activating group) is 1. The summed E-state index contributed by atoms with van der Waals surface area (Å²) in [6, 6.07) is 5.73. The Bertz CT molecular complexity index is 459. The summed E-state index contributed by atoms with van der Waals surface area (Å²) >= 11 is 11.9. The second kappa shape index (κ2) is 6.60. The number of benzene rings is 1. The molecule has 0 saturated carbocycles. The van der Waals surface area contributed by atoms with Crippen molar-refractivity contribution in [3.8, 4) is 0 Å². The fourth-order valence-electron chi connectivity index (χ4n) is 2.32. The summed E-state index contributed by atoms with van der Waals surface area (Å²) in [5, 5.41) is 4.52. The van der Waals surface area contributed by atoms with Gasteiger partial charge in [0.2, 0.25) is 5.91 Å². The van der Waals surface area contributed by atoms with E-state index in [4.69, 9.17) is 23.2 Å². The first kappa shape index (κ1) is 14.6. The van der Waals surface area contributed by atoms with E-state index in [1.165, 1.54) is 0 Å². The molecule has 1 aliphatic heterocycles. The Hall–Kier alpha value is -0.770. The largest absolute Gasteiger partial charge is 0.341 e. The van der Waals surface area contributed by atoms with Gasteiger partial charge >= 0.3 is 0 Å². The summed E-state index contributed by atoms with van der Waals surface area (Å²) in [7, 11) is 1.88. The highest BCUT2D eigenvalue weighted by Crippen LogP contribution is 2.22. The third-order valence-electron chi connectivity index (χ3n) is 3.60. The van der Waals surface area contributed by atoms with Crippen LogP contribution in [0.5, 0.6) is 0 Å². The molecule has 104 valence electrons. The van der Waals surface area contributed by atoms with Crippen LogP contribution in [0.3, 0.4) is 0 Å². The van der Waals surface area contributed by atoms with Crippen LogP contribution in [-0.4, -0.2) is 37.0 Å². The fourth-order valence-corrected chi connectivity index (χ4v) is 2.82. The molecule has 5 heteroatoms. The van der Waals surface area contributed by atoms with Crippen molar-refractivity contribution in [2.75, 3.05) is 20.1 Å². The zero-order valence-electron chi connectivity index (χ0n) is 11.0. The van der Waals surface area contributed by atoms with Gasteiger partial charge in [0.25, 0.3) is 0 Å². The molecule has 1 fully saturated rings. The highest BCUT2D eigenvalue weighted by molar-refractivity contribution is 6.35. The molecule has 1 heterocycles. The van der Waals surface area contributed by atoms with E-state index in [-0.39, 0.29) is 5.91 Å². The van der Waals surface area contributed by atoms with Crippen molar-refractivity contribution in [2.45, 2.75) is 25.3 Å². The molecule has 3 nitrogen and oxygen atoms in total. The Morgan fingerprint density at radius 1 is 1.47 bits per heavy atom. The summed E-state index contributed by atoms with van der Waals surface area (Å²) in [4.78, 5) is 14.0. The van der Waals surface area contributed by atoms with E-state index in [0.29, 0.717) is 28.9 Å². The quantitative estimate of drug-likeness (QED) is 0.927. The van der Waals surface area contributed by atoms with Crippen LogP contribution in [0, 0.1) is 0 Å². The van der Waals surface area contributed by atoms with Gasteiger partial charge in [-0.05, 0) is 37.1 Å². The van der Waals surface area contributed by atoms with E-state index in [0.717, 1.165) is 25.1 Å². The lowest BCUT2D eigenvalue weighted by atomic mass is 10.1. The molecule has 0 spiro atoms. The molecule has 1 atom stereocenters. The molecule has 1 aliphatic rings. The Morgan fingerprint density at radius 2 is 2.26 bits per heavy atom. The molecule has 19 heavy (non-hydrogen) atoms. The van der Waals surface area contributed by atoms with Gasteiger partial charge in [0, 0.05) is 36.1 Å². The van der Waals surface area contributed by atoms with E-state index in [9.17, 15) is 4.79 Å². The van der Waals surface area contributed by atoms with Gasteiger partial charge in [-0.15, -0.1) is 0 Å². The number of aryl methyl sites for hydroxylation is 1. The van der Waals surface area contributed by atoms with E-state index in [1.54, 1.807) is 12.1 Å². The Balaban J connectivity index is 1.89. The first-order valence-electron chi connectivity index (χ1n) is 6.48. The van der Waals surface area contributed by atoms with Crippen LogP contribution < -0.4 is 5.32 Å².